The molecule has 3 aromatic rings. The van der Waals surface area contributed by atoms with Crippen molar-refractivity contribution in [3.8, 4) is 11.3 Å². The van der Waals surface area contributed by atoms with Crippen molar-refractivity contribution in [2.75, 3.05) is 0 Å². The Morgan fingerprint density at radius 2 is 1.70 bits per heavy atom. The van der Waals surface area contributed by atoms with Crippen LogP contribution >= 0.6 is 11.6 Å². The van der Waals surface area contributed by atoms with Crippen molar-refractivity contribution in [3.05, 3.63) is 82.1 Å². The van der Waals surface area contributed by atoms with Crippen LogP contribution in [-0.4, -0.2) is 0 Å². The molecule has 1 aromatic heterocycles. The molecule has 0 amide bonds. The summed E-state index contributed by atoms with van der Waals surface area (Å²) in [5, 5.41) is 4.16. The van der Waals surface area contributed by atoms with E-state index in [1.54, 1.807) is 0 Å². The van der Waals surface area contributed by atoms with Gasteiger partial charge in [-0.2, -0.15) is 0 Å². The fraction of sp³-hybridized carbons (Fsp3) is 0.200. The van der Waals surface area contributed by atoms with Gasteiger partial charge in [0.2, 0.25) is 0 Å². The summed E-state index contributed by atoms with van der Waals surface area (Å²) in [6.07, 6.45) is 0. The van der Waals surface area contributed by atoms with E-state index < -0.39 is 0 Å². The van der Waals surface area contributed by atoms with E-state index in [4.69, 9.17) is 16.0 Å². The highest BCUT2D eigenvalue weighted by atomic mass is 35.5. The maximum absolute atomic E-state index is 6.18. The van der Waals surface area contributed by atoms with Crippen molar-refractivity contribution in [2.45, 2.75) is 26.9 Å². The first kappa shape index (κ1) is 15.9. The average Bonchev–Trinajstić information content (AvgIpc) is 3.01. The summed E-state index contributed by atoms with van der Waals surface area (Å²) in [6, 6.07) is 18.5. The molecule has 0 saturated carbocycles. The number of benzene rings is 2. The van der Waals surface area contributed by atoms with Gasteiger partial charge < -0.3 is 9.73 Å². The van der Waals surface area contributed by atoms with Crippen LogP contribution in [0.15, 0.2) is 59.0 Å². The SMILES string of the molecule is Cc1ccc(CNCc2ccc(-c3ccc(C)c(Cl)c3)o2)cc1. The maximum Gasteiger partial charge on any atom is 0.134 e. The lowest BCUT2D eigenvalue weighted by Gasteiger charge is -2.04. The van der Waals surface area contributed by atoms with Crippen LogP contribution < -0.4 is 5.32 Å². The largest absolute Gasteiger partial charge is 0.460 e. The van der Waals surface area contributed by atoms with Crippen LogP contribution in [-0.2, 0) is 13.1 Å². The van der Waals surface area contributed by atoms with Crippen LogP contribution in [0, 0.1) is 13.8 Å². The molecule has 2 nitrogen and oxygen atoms in total. The monoisotopic (exact) mass is 325 g/mol. The first-order valence-corrected chi connectivity index (χ1v) is 8.11. The van der Waals surface area contributed by atoms with E-state index in [1.807, 2.05) is 37.3 Å². The van der Waals surface area contributed by atoms with Gasteiger partial charge in [0.05, 0.1) is 6.54 Å². The Labute approximate surface area is 142 Å². The summed E-state index contributed by atoms with van der Waals surface area (Å²) in [7, 11) is 0. The van der Waals surface area contributed by atoms with Gasteiger partial charge in [-0.25, -0.2) is 0 Å². The van der Waals surface area contributed by atoms with Crippen molar-refractivity contribution >= 4 is 11.6 Å². The molecular weight excluding hydrogens is 306 g/mol. The molecule has 0 saturated heterocycles. The highest BCUT2D eigenvalue weighted by molar-refractivity contribution is 6.31. The van der Waals surface area contributed by atoms with Crippen LogP contribution in [0.4, 0.5) is 0 Å². The van der Waals surface area contributed by atoms with E-state index in [9.17, 15) is 0 Å². The Hall–Kier alpha value is -2.03. The number of halogens is 1. The highest BCUT2D eigenvalue weighted by Gasteiger charge is 2.06. The standard InChI is InChI=1S/C20H20ClNO/c1-14-3-6-16(7-4-14)12-22-13-18-9-10-20(23-18)17-8-5-15(2)19(21)11-17/h3-11,22H,12-13H2,1-2H3. The maximum atomic E-state index is 6.18. The molecule has 0 atom stereocenters. The molecule has 3 rings (SSSR count). The second-order valence-electron chi connectivity index (χ2n) is 5.82. The Balaban J connectivity index is 1.60. The van der Waals surface area contributed by atoms with Gasteiger partial charge in [-0.1, -0.05) is 53.6 Å². The predicted molar refractivity (Wildman–Crippen MR) is 95.6 cm³/mol. The third-order valence-corrected chi connectivity index (χ3v) is 4.27. The molecule has 3 heteroatoms. The lowest BCUT2D eigenvalue weighted by molar-refractivity contribution is 0.493. The molecule has 0 spiro atoms. The Bertz CT molecular complexity index is 790. The predicted octanol–water partition coefficient (Wildman–Crippen LogP) is 5.51. The Kier molecular flexibility index (Phi) is 4.85. The number of furan rings is 1. The van der Waals surface area contributed by atoms with Crippen molar-refractivity contribution in [1.29, 1.82) is 0 Å². The number of hydrogen-bond donors (Lipinski definition) is 1. The van der Waals surface area contributed by atoms with E-state index >= 15 is 0 Å². The van der Waals surface area contributed by atoms with E-state index in [2.05, 4.69) is 36.5 Å². The van der Waals surface area contributed by atoms with Crippen LogP contribution in [0.1, 0.15) is 22.5 Å². The first-order valence-electron chi connectivity index (χ1n) is 7.73. The summed E-state index contributed by atoms with van der Waals surface area (Å²) in [5.41, 5.74) is 4.63. The molecule has 118 valence electrons. The Morgan fingerprint density at radius 3 is 2.43 bits per heavy atom. The minimum Gasteiger partial charge on any atom is -0.460 e. The first-order chi connectivity index (χ1) is 11.1. The minimum atomic E-state index is 0.702. The molecule has 0 aliphatic rings. The third kappa shape index (κ3) is 4.04. The second-order valence-corrected chi connectivity index (χ2v) is 6.23. The van der Waals surface area contributed by atoms with Crippen LogP contribution in [0.5, 0.6) is 0 Å². The topological polar surface area (TPSA) is 25.2 Å². The number of rotatable bonds is 5. The number of hydrogen-bond acceptors (Lipinski definition) is 2. The lowest BCUT2D eigenvalue weighted by atomic mass is 10.1. The van der Waals surface area contributed by atoms with E-state index in [0.29, 0.717) is 6.54 Å². The normalized spacial score (nSPS) is 10.9. The van der Waals surface area contributed by atoms with Crippen molar-refractivity contribution in [1.82, 2.24) is 5.32 Å². The van der Waals surface area contributed by atoms with E-state index in [0.717, 1.165) is 34.2 Å². The Morgan fingerprint density at radius 1 is 0.913 bits per heavy atom. The van der Waals surface area contributed by atoms with Gasteiger partial charge in [0.25, 0.3) is 0 Å². The van der Waals surface area contributed by atoms with Gasteiger partial charge in [-0.3, -0.25) is 0 Å². The summed E-state index contributed by atoms with van der Waals surface area (Å²) in [4.78, 5) is 0. The highest BCUT2D eigenvalue weighted by Crippen LogP contribution is 2.26. The molecule has 1 heterocycles. The third-order valence-electron chi connectivity index (χ3n) is 3.87. The molecule has 0 fully saturated rings. The molecule has 0 unspecified atom stereocenters. The minimum absolute atomic E-state index is 0.702. The van der Waals surface area contributed by atoms with Crippen LogP contribution in [0.3, 0.4) is 0 Å². The zero-order chi connectivity index (χ0) is 16.2. The summed E-state index contributed by atoms with van der Waals surface area (Å²) >= 11 is 6.18. The smallest absolute Gasteiger partial charge is 0.134 e. The van der Waals surface area contributed by atoms with Gasteiger partial charge >= 0.3 is 0 Å². The van der Waals surface area contributed by atoms with Crippen molar-refractivity contribution in [3.63, 3.8) is 0 Å². The summed E-state index contributed by atoms with van der Waals surface area (Å²) in [6.45, 7) is 5.62. The fourth-order valence-corrected chi connectivity index (χ4v) is 2.59. The quantitative estimate of drug-likeness (QED) is 0.669. The molecule has 0 radical (unpaired) electrons. The van der Waals surface area contributed by atoms with Crippen molar-refractivity contribution in [2.24, 2.45) is 0 Å². The molecule has 0 aliphatic heterocycles. The molecule has 0 bridgehead atoms. The summed E-state index contributed by atoms with van der Waals surface area (Å²) < 4.78 is 5.90. The van der Waals surface area contributed by atoms with E-state index in [1.165, 1.54) is 11.1 Å². The number of nitrogens with one attached hydrogen (secondary N) is 1. The molecule has 1 N–H and O–H groups in total. The molecular formula is C20H20ClNO. The zero-order valence-electron chi connectivity index (χ0n) is 13.4. The number of aryl methyl sites for hydroxylation is 2. The van der Waals surface area contributed by atoms with Crippen LogP contribution in [0.25, 0.3) is 11.3 Å². The molecule has 0 aliphatic carbocycles. The lowest BCUT2D eigenvalue weighted by Crippen LogP contribution is -2.11. The van der Waals surface area contributed by atoms with Gasteiger partial charge in [0, 0.05) is 17.1 Å². The van der Waals surface area contributed by atoms with Gasteiger partial charge in [0.1, 0.15) is 11.5 Å². The summed E-state index contributed by atoms with van der Waals surface area (Å²) in [5.74, 6) is 1.77. The average molecular weight is 326 g/mol. The second kappa shape index (κ2) is 7.03. The van der Waals surface area contributed by atoms with E-state index in [-0.39, 0.29) is 0 Å². The van der Waals surface area contributed by atoms with Gasteiger partial charge in [-0.15, -0.1) is 0 Å². The van der Waals surface area contributed by atoms with Crippen LogP contribution in [0.2, 0.25) is 5.02 Å². The molecule has 2 aromatic carbocycles. The zero-order valence-corrected chi connectivity index (χ0v) is 14.2. The van der Waals surface area contributed by atoms with Gasteiger partial charge in [0.15, 0.2) is 0 Å². The van der Waals surface area contributed by atoms with Crippen molar-refractivity contribution < 1.29 is 4.42 Å². The molecule has 23 heavy (non-hydrogen) atoms. The van der Waals surface area contributed by atoms with Gasteiger partial charge in [-0.05, 0) is 43.2 Å². The fourth-order valence-electron chi connectivity index (χ4n) is 2.41.